The maximum Gasteiger partial charge on any atom is 0.261 e. The monoisotopic (exact) mass is 335 g/mol. The van der Waals surface area contributed by atoms with Gasteiger partial charge in [-0.2, -0.15) is 0 Å². The van der Waals surface area contributed by atoms with Crippen molar-refractivity contribution >= 4 is 44.8 Å². The summed E-state index contributed by atoms with van der Waals surface area (Å²) in [5.74, 6) is 0.566. The van der Waals surface area contributed by atoms with Gasteiger partial charge in [0.05, 0.1) is 8.66 Å². The van der Waals surface area contributed by atoms with Crippen molar-refractivity contribution in [2.45, 2.75) is 31.1 Å². The van der Waals surface area contributed by atoms with Gasteiger partial charge in [-0.3, -0.25) is 4.79 Å². The zero-order valence-electron chi connectivity index (χ0n) is 9.42. The first kappa shape index (κ1) is 13.4. The molecule has 0 aromatic carbocycles. The van der Waals surface area contributed by atoms with Gasteiger partial charge in [0.15, 0.2) is 0 Å². The Morgan fingerprint density at radius 3 is 3.00 bits per heavy atom. The minimum Gasteiger partial charge on any atom is -0.351 e. The minimum absolute atomic E-state index is 0.0254. The molecule has 1 aliphatic rings. The van der Waals surface area contributed by atoms with Crippen LogP contribution < -0.4 is 5.32 Å². The molecular formula is C12H15BrClNOS. The molecule has 1 aromatic heterocycles. The van der Waals surface area contributed by atoms with Crippen molar-refractivity contribution in [2.24, 2.45) is 5.92 Å². The van der Waals surface area contributed by atoms with Gasteiger partial charge in [0, 0.05) is 11.9 Å². The van der Waals surface area contributed by atoms with Crippen LogP contribution in [0.1, 0.15) is 35.4 Å². The van der Waals surface area contributed by atoms with Crippen molar-refractivity contribution in [3.05, 3.63) is 20.8 Å². The first-order valence-corrected chi connectivity index (χ1v) is 7.87. The molecule has 2 atom stereocenters. The molecule has 1 aromatic rings. The van der Waals surface area contributed by atoms with Crippen LogP contribution in [0, 0.1) is 5.92 Å². The number of carbonyl (C=O) groups excluding carboxylic acids is 1. The number of rotatable bonds is 3. The third-order valence-electron chi connectivity index (χ3n) is 3.07. The van der Waals surface area contributed by atoms with Gasteiger partial charge in [-0.15, -0.1) is 22.9 Å². The lowest BCUT2D eigenvalue weighted by atomic mass is 9.89. The van der Waals surface area contributed by atoms with Crippen LogP contribution in [0.25, 0.3) is 0 Å². The third-order valence-corrected chi connectivity index (χ3v) is 5.09. The molecule has 0 spiro atoms. The van der Waals surface area contributed by atoms with E-state index in [0.29, 0.717) is 11.3 Å². The zero-order chi connectivity index (χ0) is 12.3. The van der Waals surface area contributed by atoms with Crippen LogP contribution in [0.2, 0.25) is 0 Å². The average Bonchev–Trinajstić information content (AvgIpc) is 2.73. The highest BCUT2D eigenvalue weighted by Gasteiger charge is 2.21. The van der Waals surface area contributed by atoms with Crippen LogP contribution in [-0.4, -0.2) is 17.8 Å². The van der Waals surface area contributed by atoms with Crippen LogP contribution >= 0.6 is 38.9 Å². The van der Waals surface area contributed by atoms with E-state index in [1.54, 1.807) is 0 Å². The normalized spacial score (nSPS) is 24.6. The standard InChI is InChI=1S/C12H15BrClNOS/c13-11-5-4-10(17-11)12(16)15-7-8-2-1-3-9(14)6-8/h4-5,8-9H,1-3,6-7H2,(H,15,16). The van der Waals surface area contributed by atoms with Gasteiger partial charge in [0.2, 0.25) is 0 Å². The van der Waals surface area contributed by atoms with Gasteiger partial charge in [0.25, 0.3) is 5.91 Å². The Balaban J connectivity index is 1.80. The number of hydrogen-bond donors (Lipinski definition) is 1. The van der Waals surface area contributed by atoms with Crippen LogP contribution in [-0.2, 0) is 0 Å². The second kappa shape index (κ2) is 6.21. The molecule has 1 fully saturated rings. The molecule has 2 rings (SSSR count). The van der Waals surface area contributed by atoms with Gasteiger partial charge in [-0.1, -0.05) is 6.42 Å². The summed E-state index contributed by atoms with van der Waals surface area (Å²) in [4.78, 5) is 12.6. The Morgan fingerprint density at radius 2 is 2.35 bits per heavy atom. The number of amides is 1. The Kier molecular flexibility index (Phi) is 4.88. The number of alkyl halides is 1. The summed E-state index contributed by atoms with van der Waals surface area (Å²) in [6.07, 6.45) is 4.50. The van der Waals surface area contributed by atoms with E-state index in [1.165, 1.54) is 24.2 Å². The van der Waals surface area contributed by atoms with Crippen LogP contribution in [0.5, 0.6) is 0 Å². The van der Waals surface area contributed by atoms with E-state index in [0.717, 1.165) is 28.0 Å². The van der Waals surface area contributed by atoms with Crippen molar-refractivity contribution in [2.75, 3.05) is 6.54 Å². The van der Waals surface area contributed by atoms with Crippen molar-refractivity contribution in [3.63, 3.8) is 0 Å². The molecular weight excluding hydrogens is 322 g/mol. The van der Waals surface area contributed by atoms with Crippen molar-refractivity contribution < 1.29 is 4.79 Å². The van der Waals surface area contributed by atoms with Crippen LogP contribution in [0.3, 0.4) is 0 Å². The average molecular weight is 337 g/mol. The predicted molar refractivity (Wildman–Crippen MR) is 76.0 cm³/mol. The molecule has 94 valence electrons. The van der Waals surface area contributed by atoms with E-state index in [2.05, 4.69) is 21.2 Å². The number of hydrogen-bond acceptors (Lipinski definition) is 2. The highest BCUT2D eigenvalue weighted by atomic mass is 79.9. The highest BCUT2D eigenvalue weighted by Crippen LogP contribution is 2.27. The van der Waals surface area contributed by atoms with E-state index in [-0.39, 0.29) is 5.91 Å². The van der Waals surface area contributed by atoms with Gasteiger partial charge < -0.3 is 5.32 Å². The van der Waals surface area contributed by atoms with Crippen molar-refractivity contribution in [1.29, 1.82) is 0 Å². The molecule has 0 saturated heterocycles. The van der Waals surface area contributed by atoms with Gasteiger partial charge in [0.1, 0.15) is 0 Å². The van der Waals surface area contributed by atoms with E-state index in [9.17, 15) is 4.79 Å². The molecule has 2 unspecified atom stereocenters. The second-order valence-electron chi connectivity index (χ2n) is 4.44. The Hall–Kier alpha value is -0.0600. The van der Waals surface area contributed by atoms with E-state index in [4.69, 9.17) is 11.6 Å². The molecule has 1 heterocycles. The summed E-state index contributed by atoms with van der Waals surface area (Å²) in [6.45, 7) is 0.748. The quantitative estimate of drug-likeness (QED) is 0.829. The number of carbonyl (C=O) groups is 1. The summed E-state index contributed by atoms with van der Waals surface area (Å²) >= 11 is 10.9. The van der Waals surface area contributed by atoms with Crippen LogP contribution in [0.4, 0.5) is 0 Å². The lowest BCUT2D eigenvalue weighted by molar-refractivity contribution is 0.0948. The third kappa shape index (κ3) is 3.97. The molecule has 5 heteroatoms. The van der Waals surface area contributed by atoms with Crippen molar-refractivity contribution in [1.82, 2.24) is 5.32 Å². The topological polar surface area (TPSA) is 29.1 Å². The SMILES string of the molecule is O=C(NCC1CCCC(Cl)C1)c1ccc(Br)s1. The minimum atomic E-state index is 0.0254. The molecule has 0 radical (unpaired) electrons. The van der Waals surface area contributed by atoms with E-state index in [1.807, 2.05) is 12.1 Å². The Morgan fingerprint density at radius 1 is 1.53 bits per heavy atom. The first-order valence-electron chi connectivity index (χ1n) is 5.83. The summed E-state index contributed by atoms with van der Waals surface area (Å²) in [7, 11) is 0. The molecule has 0 bridgehead atoms. The molecule has 0 aliphatic heterocycles. The Bertz CT molecular complexity index is 396. The fraction of sp³-hybridized carbons (Fsp3) is 0.583. The molecule has 17 heavy (non-hydrogen) atoms. The molecule has 2 nitrogen and oxygen atoms in total. The number of nitrogens with one attached hydrogen (secondary N) is 1. The van der Waals surface area contributed by atoms with Gasteiger partial charge in [-0.25, -0.2) is 0 Å². The molecule has 1 N–H and O–H groups in total. The Labute approximate surface area is 119 Å². The fourth-order valence-corrected chi connectivity index (χ4v) is 3.88. The second-order valence-corrected chi connectivity index (χ2v) is 7.52. The van der Waals surface area contributed by atoms with E-state index < -0.39 is 0 Å². The molecule has 1 saturated carbocycles. The first-order chi connectivity index (χ1) is 8.15. The number of thiophene rings is 1. The predicted octanol–water partition coefficient (Wildman–Crippen LogP) is 4.04. The highest BCUT2D eigenvalue weighted by molar-refractivity contribution is 9.11. The summed E-state index contributed by atoms with van der Waals surface area (Å²) < 4.78 is 0.987. The summed E-state index contributed by atoms with van der Waals surface area (Å²) in [6, 6.07) is 3.74. The van der Waals surface area contributed by atoms with Gasteiger partial charge >= 0.3 is 0 Å². The maximum absolute atomic E-state index is 11.8. The number of halogens is 2. The lowest BCUT2D eigenvalue weighted by Crippen LogP contribution is -2.31. The molecule has 1 amide bonds. The largest absolute Gasteiger partial charge is 0.351 e. The van der Waals surface area contributed by atoms with E-state index >= 15 is 0 Å². The van der Waals surface area contributed by atoms with Gasteiger partial charge in [-0.05, 0) is 53.2 Å². The summed E-state index contributed by atoms with van der Waals surface area (Å²) in [5, 5.41) is 3.29. The maximum atomic E-state index is 11.8. The molecule has 1 aliphatic carbocycles. The smallest absolute Gasteiger partial charge is 0.261 e. The lowest BCUT2D eigenvalue weighted by Gasteiger charge is -2.25. The van der Waals surface area contributed by atoms with Crippen LogP contribution in [0.15, 0.2) is 15.9 Å². The zero-order valence-corrected chi connectivity index (χ0v) is 12.6. The summed E-state index contributed by atoms with van der Waals surface area (Å²) in [5.41, 5.74) is 0. The van der Waals surface area contributed by atoms with Crippen molar-refractivity contribution in [3.8, 4) is 0 Å². The fourth-order valence-electron chi connectivity index (χ4n) is 2.17.